The molecule has 5 nitrogen and oxygen atoms in total. The van der Waals surface area contributed by atoms with Crippen LogP contribution in [-0.4, -0.2) is 20.9 Å². The second kappa shape index (κ2) is 5.47. The molecule has 0 aliphatic heterocycles. The van der Waals surface area contributed by atoms with Crippen LogP contribution in [0, 0.1) is 0 Å². The van der Waals surface area contributed by atoms with E-state index in [1.54, 1.807) is 36.4 Å². The maximum atomic E-state index is 12.7. The highest BCUT2D eigenvalue weighted by molar-refractivity contribution is 6.36. The number of hydrogen-bond donors (Lipinski definition) is 1. The quantitative estimate of drug-likeness (QED) is 0.552. The van der Waals surface area contributed by atoms with E-state index < -0.39 is 0 Å². The van der Waals surface area contributed by atoms with E-state index >= 15 is 0 Å². The molecule has 0 spiro atoms. The predicted octanol–water partition coefficient (Wildman–Crippen LogP) is 3.96. The Hall–Kier alpha value is -2.63. The van der Waals surface area contributed by atoms with Gasteiger partial charge in [-0.3, -0.25) is 9.59 Å². The number of halogens is 2. The summed E-state index contributed by atoms with van der Waals surface area (Å²) in [6.07, 6.45) is 0.660. The third kappa shape index (κ3) is 2.13. The number of carbonyl (C=O) groups excluding carboxylic acids is 1. The van der Waals surface area contributed by atoms with Gasteiger partial charge in [0, 0.05) is 10.6 Å². The fourth-order valence-corrected chi connectivity index (χ4v) is 3.21. The number of nitrogens with zero attached hydrogens (tertiary/aromatic N) is 2. The van der Waals surface area contributed by atoms with E-state index in [1.807, 2.05) is 6.07 Å². The molecule has 4 aromatic rings. The van der Waals surface area contributed by atoms with Crippen LogP contribution in [0.15, 0.2) is 47.3 Å². The molecule has 118 valence electrons. The van der Waals surface area contributed by atoms with Gasteiger partial charge in [0.1, 0.15) is 11.3 Å². The molecule has 0 fully saturated rings. The van der Waals surface area contributed by atoms with Crippen molar-refractivity contribution in [3.8, 4) is 11.3 Å². The van der Waals surface area contributed by atoms with Crippen molar-refractivity contribution in [1.29, 1.82) is 0 Å². The molecule has 4 rings (SSSR count). The minimum atomic E-state index is -0.307. The largest absolute Gasteiger partial charge is 0.339 e. The number of rotatable bonds is 2. The highest BCUT2D eigenvalue weighted by Crippen LogP contribution is 2.32. The van der Waals surface area contributed by atoms with E-state index in [0.29, 0.717) is 44.1 Å². The van der Waals surface area contributed by atoms with E-state index in [-0.39, 0.29) is 11.1 Å². The first kappa shape index (κ1) is 14.9. The average molecular weight is 358 g/mol. The fourth-order valence-electron chi connectivity index (χ4n) is 2.71. The van der Waals surface area contributed by atoms with Crippen molar-refractivity contribution in [3.05, 3.63) is 68.4 Å². The van der Waals surface area contributed by atoms with Crippen molar-refractivity contribution in [2.24, 2.45) is 0 Å². The summed E-state index contributed by atoms with van der Waals surface area (Å²) in [6.45, 7) is 0. The Labute approximate surface area is 145 Å². The van der Waals surface area contributed by atoms with Gasteiger partial charge < -0.3 is 4.98 Å². The Bertz CT molecular complexity index is 1180. The molecule has 0 amide bonds. The number of fused-ring (bicyclic) bond motifs is 2. The van der Waals surface area contributed by atoms with Crippen molar-refractivity contribution in [3.63, 3.8) is 0 Å². The fraction of sp³-hybridized carbons (Fsp3) is 0. The third-order valence-electron chi connectivity index (χ3n) is 3.83. The topological polar surface area (TPSA) is 67.2 Å². The molecule has 0 unspecified atom stereocenters. The number of H-pyrrole nitrogens is 1. The number of aldehydes is 1. The predicted molar refractivity (Wildman–Crippen MR) is 94.2 cm³/mol. The van der Waals surface area contributed by atoms with Crippen LogP contribution in [0.3, 0.4) is 0 Å². The summed E-state index contributed by atoms with van der Waals surface area (Å²) in [5, 5.41) is 5.62. The molecule has 0 saturated carbocycles. The molecule has 0 aliphatic rings. The molecule has 0 atom stereocenters. The van der Waals surface area contributed by atoms with Crippen LogP contribution in [0.4, 0.5) is 0 Å². The molecule has 2 aromatic heterocycles. The van der Waals surface area contributed by atoms with Gasteiger partial charge in [-0.05, 0) is 30.3 Å². The maximum Gasteiger partial charge on any atom is 0.282 e. The van der Waals surface area contributed by atoms with Gasteiger partial charge in [0.15, 0.2) is 6.29 Å². The first-order valence-electron chi connectivity index (χ1n) is 7.04. The van der Waals surface area contributed by atoms with E-state index in [0.717, 1.165) is 0 Å². The molecule has 0 bridgehead atoms. The highest BCUT2D eigenvalue weighted by Gasteiger charge is 2.19. The average Bonchev–Trinajstić information content (AvgIpc) is 2.93. The van der Waals surface area contributed by atoms with Crippen LogP contribution in [0.25, 0.3) is 27.8 Å². The van der Waals surface area contributed by atoms with Gasteiger partial charge in [-0.1, -0.05) is 35.3 Å². The highest BCUT2D eigenvalue weighted by atomic mass is 35.5. The number of hydrogen-bond acceptors (Lipinski definition) is 3. The van der Waals surface area contributed by atoms with Gasteiger partial charge in [0.05, 0.1) is 21.5 Å². The number of aromatic nitrogens is 3. The standard InChI is InChI=1S/C17H9Cl2N3O2/c18-9-5-6-10(13(19)7-9)15-12(8-23)16-20-14-4-2-1-3-11(14)17(24)22(16)21-15/h1-8,20H. The van der Waals surface area contributed by atoms with Crippen molar-refractivity contribution < 1.29 is 4.79 Å². The Morgan fingerprint density at radius 1 is 1.12 bits per heavy atom. The molecule has 1 N–H and O–H groups in total. The van der Waals surface area contributed by atoms with Gasteiger partial charge in [0.25, 0.3) is 5.56 Å². The maximum absolute atomic E-state index is 12.7. The van der Waals surface area contributed by atoms with Crippen molar-refractivity contribution in [2.75, 3.05) is 0 Å². The summed E-state index contributed by atoms with van der Waals surface area (Å²) < 4.78 is 1.19. The first-order valence-corrected chi connectivity index (χ1v) is 7.80. The summed E-state index contributed by atoms with van der Waals surface area (Å²) in [6, 6.07) is 11.9. The summed E-state index contributed by atoms with van der Waals surface area (Å²) in [5.41, 5.74) is 1.78. The third-order valence-corrected chi connectivity index (χ3v) is 4.38. The minimum absolute atomic E-state index is 0.266. The smallest absolute Gasteiger partial charge is 0.282 e. The van der Waals surface area contributed by atoms with Crippen LogP contribution in [-0.2, 0) is 0 Å². The van der Waals surface area contributed by atoms with E-state index in [9.17, 15) is 9.59 Å². The Kier molecular flexibility index (Phi) is 3.40. The first-order chi connectivity index (χ1) is 11.6. The number of carbonyl (C=O) groups is 1. The zero-order valence-electron chi connectivity index (χ0n) is 12.1. The summed E-state index contributed by atoms with van der Waals surface area (Å²) in [4.78, 5) is 27.4. The van der Waals surface area contributed by atoms with E-state index in [2.05, 4.69) is 10.1 Å². The van der Waals surface area contributed by atoms with E-state index in [4.69, 9.17) is 23.2 Å². The molecule has 24 heavy (non-hydrogen) atoms. The molecular weight excluding hydrogens is 349 g/mol. The molecular formula is C17H9Cl2N3O2. The lowest BCUT2D eigenvalue weighted by Crippen LogP contribution is -2.15. The van der Waals surface area contributed by atoms with Crippen LogP contribution >= 0.6 is 23.2 Å². The van der Waals surface area contributed by atoms with Gasteiger partial charge in [-0.2, -0.15) is 9.61 Å². The zero-order valence-corrected chi connectivity index (χ0v) is 13.6. The SMILES string of the molecule is O=Cc1c(-c2ccc(Cl)cc2Cl)nn2c(=O)c3ccccc3[nH]c12. The van der Waals surface area contributed by atoms with Crippen molar-refractivity contribution in [2.45, 2.75) is 0 Å². The number of aromatic amines is 1. The lowest BCUT2D eigenvalue weighted by molar-refractivity contribution is 0.112. The Balaban J connectivity index is 2.14. The lowest BCUT2D eigenvalue weighted by Gasteiger charge is -2.01. The minimum Gasteiger partial charge on any atom is -0.339 e. The van der Waals surface area contributed by atoms with Gasteiger partial charge in [-0.15, -0.1) is 0 Å². The molecule has 2 heterocycles. The van der Waals surface area contributed by atoms with Gasteiger partial charge in [0.2, 0.25) is 0 Å². The molecule has 0 saturated heterocycles. The zero-order chi connectivity index (χ0) is 16.8. The summed E-state index contributed by atoms with van der Waals surface area (Å²) in [7, 11) is 0. The van der Waals surface area contributed by atoms with Crippen LogP contribution < -0.4 is 5.56 Å². The van der Waals surface area contributed by atoms with Crippen LogP contribution in [0.2, 0.25) is 10.0 Å². The second-order valence-electron chi connectivity index (χ2n) is 5.24. The monoisotopic (exact) mass is 357 g/mol. The molecule has 7 heteroatoms. The van der Waals surface area contributed by atoms with Crippen LogP contribution in [0.5, 0.6) is 0 Å². The molecule has 0 radical (unpaired) electrons. The van der Waals surface area contributed by atoms with Crippen LogP contribution in [0.1, 0.15) is 10.4 Å². The van der Waals surface area contributed by atoms with Crippen molar-refractivity contribution in [1.82, 2.24) is 14.6 Å². The Morgan fingerprint density at radius 3 is 2.67 bits per heavy atom. The molecule has 0 aliphatic carbocycles. The van der Waals surface area contributed by atoms with E-state index in [1.165, 1.54) is 4.52 Å². The number of para-hydroxylation sites is 1. The summed E-state index contributed by atoms with van der Waals surface area (Å²) >= 11 is 12.1. The number of nitrogens with one attached hydrogen (secondary N) is 1. The molecule has 2 aromatic carbocycles. The van der Waals surface area contributed by atoms with Crippen molar-refractivity contribution >= 4 is 46.0 Å². The van der Waals surface area contributed by atoms with Gasteiger partial charge >= 0.3 is 0 Å². The summed E-state index contributed by atoms with van der Waals surface area (Å²) in [5.74, 6) is 0. The number of benzene rings is 2. The second-order valence-corrected chi connectivity index (χ2v) is 6.08. The normalized spacial score (nSPS) is 11.2. The van der Waals surface area contributed by atoms with Gasteiger partial charge in [-0.25, -0.2) is 0 Å². The Morgan fingerprint density at radius 2 is 1.92 bits per heavy atom. The lowest BCUT2D eigenvalue weighted by atomic mass is 10.1.